The highest BCUT2D eigenvalue weighted by atomic mass is 19.1. The minimum absolute atomic E-state index is 0.0740. The number of fused-ring (bicyclic) bond motifs is 3. The minimum Gasteiger partial charge on any atom is -0.370 e. The summed E-state index contributed by atoms with van der Waals surface area (Å²) in [5.74, 6) is -1.08. The Morgan fingerprint density at radius 3 is 2.96 bits per heavy atom. The fourth-order valence-electron chi connectivity index (χ4n) is 4.51. The van der Waals surface area contributed by atoms with Crippen LogP contribution in [0.15, 0.2) is 12.1 Å². The Labute approximate surface area is 150 Å². The lowest BCUT2D eigenvalue weighted by molar-refractivity contribution is -0.137. The first-order valence-corrected chi connectivity index (χ1v) is 8.80. The smallest absolute Gasteiger partial charge is 0.274 e. The van der Waals surface area contributed by atoms with Crippen molar-refractivity contribution in [1.29, 1.82) is 0 Å². The van der Waals surface area contributed by atoms with E-state index in [2.05, 4.69) is 4.90 Å². The quantitative estimate of drug-likeness (QED) is 0.610. The molecule has 2 N–H and O–H groups in total. The molecule has 2 amide bonds. The number of morpholine rings is 1. The number of carbonyl (C=O) groups is 2. The van der Waals surface area contributed by atoms with Crippen molar-refractivity contribution in [2.24, 2.45) is 0 Å². The molecule has 7 nitrogen and oxygen atoms in total. The minimum atomic E-state index is -0.714. The SMILES string of the molecule is CC(=O)N1C[C@]2(CN3CCc4cc(C(=O)NO)cc(F)c4C3)C[C@H]1CO2. The number of nitrogens with zero attached hydrogens (tertiary/aromatic N) is 2. The lowest BCUT2D eigenvalue weighted by Gasteiger charge is -2.38. The van der Waals surface area contributed by atoms with E-state index in [1.165, 1.54) is 5.48 Å². The number of rotatable bonds is 3. The summed E-state index contributed by atoms with van der Waals surface area (Å²) in [6, 6.07) is 2.94. The van der Waals surface area contributed by atoms with E-state index < -0.39 is 11.7 Å². The first-order chi connectivity index (χ1) is 12.4. The molecular formula is C18H22FN3O4. The third-order valence-electron chi connectivity index (χ3n) is 5.74. The second-order valence-corrected chi connectivity index (χ2v) is 7.50. The van der Waals surface area contributed by atoms with Gasteiger partial charge >= 0.3 is 0 Å². The molecule has 8 heteroatoms. The van der Waals surface area contributed by atoms with E-state index in [4.69, 9.17) is 9.94 Å². The van der Waals surface area contributed by atoms with Crippen LogP contribution in [-0.2, 0) is 22.5 Å². The average molecular weight is 363 g/mol. The van der Waals surface area contributed by atoms with Gasteiger partial charge < -0.3 is 9.64 Å². The molecule has 3 aliphatic heterocycles. The number of hydrogen-bond acceptors (Lipinski definition) is 5. The van der Waals surface area contributed by atoms with E-state index >= 15 is 0 Å². The predicted octanol–water partition coefficient (Wildman–Crippen LogP) is 0.693. The molecule has 2 bridgehead atoms. The third kappa shape index (κ3) is 2.87. The summed E-state index contributed by atoms with van der Waals surface area (Å²) in [5, 5.41) is 8.73. The molecule has 4 rings (SSSR count). The van der Waals surface area contributed by atoms with Gasteiger partial charge in [0.1, 0.15) is 11.4 Å². The number of ether oxygens (including phenoxy) is 1. The van der Waals surface area contributed by atoms with Gasteiger partial charge in [-0.15, -0.1) is 0 Å². The fourth-order valence-corrected chi connectivity index (χ4v) is 4.51. The van der Waals surface area contributed by atoms with Crippen molar-refractivity contribution in [3.8, 4) is 0 Å². The van der Waals surface area contributed by atoms with Crippen LogP contribution in [0.3, 0.4) is 0 Å². The molecule has 0 spiro atoms. The van der Waals surface area contributed by atoms with Crippen LogP contribution in [0.4, 0.5) is 4.39 Å². The Hall–Kier alpha value is -2.03. The Morgan fingerprint density at radius 1 is 1.46 bits per heavy atom. The zero-order chi connectivity index (χ0) is 18.5. The summed E-state index contributed by atoms with van der Waals surface area (Å²) in [4.78, 5) is 27.3. The van der Waals surface area contributed by atoms with Crippen molar-refractivity contribution in [2.75, 3.05) is 26.2 Å². The highest BCUT2D eigenvalue weighted by molar-refractivity contribution is 5.93. The first-order valence-electron chi connectivity index (χ1n) is 8.80. The van der Waals surface area contributed by atoms with Gasteiger partial charge in [0.2, 0.25) is 5.91 Å². The molecule has 1 aromatic carbocycles. The molecule has 2 saturated heterocycles. The van der Waals surface area contributed by atoms with Crippen LogP contribution < -0.4 is 5.48 Å². The monoisotopic (exact) mass is 363 g/mol. The molecular weight excluding hydrogens is 341 g/mol. The van der Waals surface area contributed by atoms with Gasteiger partial charge in [-0.25, -0.2) is 9.87 Å². The topological polar surface area (TPSA) is 82.1 Å². The Bertz CT molecular complexity index is 771. The van der Waals surface area contributed by atoms with Crippen LogP contribution in [0, 0.1) is 5.82 Å². The van der Waals surface area contributed by atoms with E-state index in [-0.39, 0.29) is 23.1 Å². The maximum atomic E-state index is 14.5. The van der Waals surface area contributed by atoms with Crippen LogP contribution in [0.2, 0.25) is 0 Å². The summed E-state index contributed by atoms with van der Waals surface area (Å²) < 4.78 is 20.5. The zero-order valence-corrected chi connectivity index (χ0v) is 14.6. The number of likely N-dealkylation sites (tertiary alicyclic amines) is 1. The van der Waals surface area contributed by atoms with Crippen molar-refractivity contribution >= 4 is 11.8 Å². The lowest BCUT2D eigenvalue weighted by Crippen LogP contribution is -2.51. The highest BCUT2D eigenvalue weighted by Gasteiger charge is 2.52. The molecule has 0 aliphatic carbocycles. The maximum Gasteiger partial charge on any atom is 0.274 e. The van der Waals surface area contributed by atoms with Gasteiger partial charge in [-0.3, -0.25) is 19.7 Å². The second-order valence-electron chi connectivity index (χ2n) is 7.50. The average Bonchev–Trinajstić information content (AvgIpc) is 3.19. The molecule has 26 heavy (non-hydrogen) atoms. The van der Waals surface area contributed by atoms with Gasteiger partial charge in [-0.1, -0.05) is 0 Å². The van der Waals surface area contributed by atoms with Gasteiger partial charge in [0, 0.05) is 44.1 Å². The van der Waals surface area contributed by atoms with Crippen molar-refractivity contribution in [2.45, 2.75) is 38.0 Å². The van der Waals surface area contributed by atoms with E-state index in [1.807, 2.05) is 4.90 Å². The Balaban J connectivity index is 1.49. The maximum absolute atomic E-state index is 14.5. The first kappa shape index (κ1) is 17.4. The standard InChI is InChI=1S/C18H22FN3O4/c1-11(23)22-10-18(6-14(22)8-26-18)9-21-3-2-12-4-13(17(24)20-25)5-16(19)15(12)7-21/h4-5,14,25H,2-3,6-10H2,1H3,(H,20,24)/t14-,18+/m0/s1. The van der Waals surface area contributed by atoms with Crippen LogP contribution in [0.25, 0.3) is 0 Å². The van der Waals surface area contributed by atoms with Gasteiger partial charge in [0.05, 0.1) is 19.2 Å². The fraction of sp³-hybridized carbons (Fsp3) is 0.556. The van der Waals surface area contributed by atoms with Crippen LogP contribution in [-0.4, -0.2) is 64.7 Å². The summed E-state index contributed by atoms with van der Waals surface area (Å²) in [7, 11) is 0. The van der Waals surface area contributed by atoms with E-state index in [9.17, 15) is 14.0 Å². The van der Waals surface area contributed by atoms with Crippen LogP contribution in [0.5, 0.6) is 0 Å². The van der Waals surface area contributed by atoms with Gasteiger partial charge in [-0.05, 0) is 24.1 Å². The van der Waals surface area contributed by atoms with Gasteiger partial charge in [0.25, 0.3) is 5.91 Å². The summed E-state index contributed by atoms with van der Waals surface area (Å²) in [6.45, 7) is 4.57. The summed E-state index contributed by atoms with van der Waals surface area (Å²) in [5.41, 5.74) is 2.67. The Morgan fingerprint density at radius 2 is 2.27 bits per heavy atom. The molecule has 0 aromatic heterocycles. The molecule has 2 atom stereocenters. The van der Waals surface area contributed by atoms with E-state index in [1.54, 1.807) is 13.0 Å². The van der Waals surface area contributed by atoms with Crippen molar-refractivity contribution in [3.63, 3.8) is 0 Å². The molecule has 3 aliphatic rings. The molecule has 0 radical (unpaired) electrons. The number of carbonyl (C=O) groups excluding carboxylic acids is 2. The molecule has 0 unspecified atom stereocenters. The summed E-state index contributed by atoms with van der Waals surface area (Å²) >= 11 is 0. The normalized spacial score (nSPS) is 27.5. The van der Waals surface area contributed by atoms with Crippen molar-refractivity contribution < 1.29 is 23.9 Å². The Kier molecular flexibility index (Phi) is 4.21. The number of hydrogen-bond donors (Lipinski definition) is 2. The molecule has 2 fully saturated rings. The highest BCUT2D eigenvalue weighted by Crippen LogP contribution is 2.39. The van der Waals surface area contributed by atoms with E-state index in [0.29, 0.717) is 38.2 Å². The van der Waals surface area contributed by atoms with Crippen molar-refractivity contribution in [1.82, 2.24) is 15.3 Å². The largest absolute Gasteiger partial charge is 0.370 e. The van der Waals surface area contributed by atoms with Crippen molar-refractivity contribution in [3.05, 3.63) is 34.6 Å². The lowest BCUT2D eigenvalue weighted by atomic mass is 9.94. The van der Waals surface area contributed by atoms with Gasteiger partial charge in [0.15, 0.2) is 0 Å². The number of hydroxylamine groups is 1. The van der Waals surface area contributed by atoms with Gasteiger partial charge in [-0.2, -0.15) is 0 Å². The van der Waals surface area contributed by atoms with E-state index in [0.717, 1.165) is 24.6 Å². The second kappa shape index (κ2) is 6.29. The molecule has 140 valence electrons. The number of amides is 2. The number of halogens is 1. The third-order valence-corrected chi connectivity index (χ3v) is 5.74. The number of nitrogens with one attached hydrogen (secondary N) is 1. The predicted molar refractivity (Wildman–Crippen MR) is 89.1 cm³/mol. The zero-order valence-electron chi connectivity index (χ0n) is 14.6. The van der Waals surface area contributed by atoms with Crippen LogP contribution in [0.1, 0.15) is 34.8 Å². The molecule has 1 aromatic rings. The summed E-state index contributed by atoms with van der Waals surface area (Å²) in [6.07, 6.45) is 1.45. The van der Waals surface area contributed by atoms with Crippen LogP contribution >= 0.6 is 0 Å². The number of benzene rings is 1. The molecule has 0 saturated carbocycles. The molecule has 3 heterocycles.